The van der Waals surface area contributed by atoms with Crippen molar-refractivity contribution in [2.75, 3.05) is 17.1 Å². The molecule has 2 aromatic carbocycles. The number of nitrogens with zero attached hydrogens (tertiary/aromatic N) is 2. The van der Waals surface area contributed by atoms with Crippen LogP contribution in [0.1, 0.15) is 44.6 Å². The summed E-state index contributed by atoms with van der Waals surface area (Å²) >= 11 is 9.70. The molecule has 1 saturated carbocycles. The fraction of sp³-hybridized carbons (Fsp3) is 0.440. The van der Waals surface area contributed by atoms with Crippen molar-refractivity contribution in [1.82, 2.24) is 10.2 Å². The Morgan fingerprint density at radius 2 is 1.80 bits per heavy atom. The third-order valence-electron chi connectivity index (χ3n) is 6.19. The molecule has 0 aromatic heterocycles. The molecule has 0 heterocycles. The highest BCUT2D eigenvalue weighted by molar-refractivity contribution is 9.10. The molecule has 1 N–H and O–H groups in total. The normalized spacial score (nSPS) is 15.3. The molecule has 2 aromatic rings. The summed E-state index contributed by atoms with van der Waals surface area (Å²) in [6.07, 6.45) is 6.19. The minimum absolute atomic E-state index is 0.0772. The van der Waals surface area contributed by atoms with E-state index in [1.807, 2.05) is 0 Å². The first kappa shape index (κ1) is 27.5. The minimum atomic E-state index is -3.77. The van der Waals surface area contributed by atoms with Gasteiger partial charge in [-0.15, -0.1) is 0 Å². The Labute approximate surface area is 221 Å². The number of anilines is 1. The maximum Gasteiger partial charge on any atom is 0.244 e. The molecule has 3 rings (SSSR count). The maximum absolute atomic E-state index is 13.6. The molecule has 1 aliphatic carbocycles. The minimum Gasteiger partial charge on any atom is -0.352 e. The van der Waals surface area contributed by atoms with Crippen LogP contribution < -0.4 is 9.62 Å². The third kappa shape index (κ3) is 7.69. The number of nitrogens with one attached hydrogen (secondary N) is 1. The second kappa shape index (κ2) is 12.2. The Kier molecular flexibility index (Phi) is 9.61. The van der Waals surface area contributed by atoms with Gasteiger partial charge in [0.05, 0.1) is 11.9 Å². The summed E-state index contributed by atoms with van der Waals surface area (Å²) in [6.45, 7) is 1.30. The number of carbonyl (C=O) groups excluding carboxylic acids is 2. The number of rotatable bonds is 9. The number of halogens is 2. The molecule has 10 heteroatoms. The van der Waals surface area contributed by atoms with Gasteiger partial charge in [0.15, 0.2) is 0 Å². The average molecular weight is 585 g/mol. The Balaban J connectivity index is 1.88. The van der Waals surface area contributed by atoms with Crippen molar-refractivity contribution in [3.8, 4) is 0 Å². The first-order valence-electron chi connectivity index (χ1n) is 11.6. The van der Waals surface area contributed by atoms with E-state index in [9.17, 15) is 18.0 Å². The highest BCUT2D eigenvalue weighted by atomic mass is 79.9. The molecular weight excluding hydrogens is 554 g/mol. The van der Waals surface area contributed by atoms with Gasteiger partial charge in [-0.3, -0.25) is 13.9 Å². The summed E-state index contributed by atoms with van der Waals surface area (Å²) in [5, 5.41) is 3.54. The predicted molar refractivity (Wildman–Crippen MR) is 143 cm³/mol. The van der Waals surface area contributed by atoms with Gasteiger partial charge in [0, 0.05) is 22.1 Å². The van der Waals surface area contributed by atoms with Gasteiger partial charge in [-0.2, -0.15) is 0 Å². The van der Waals surface area contributed by atoms with Gasteiger partial charge in [-0.05, 0) is 49.6 Å². The maximum atomic E-state index is 13.6. The van der Waals surface area contributed by atoms with Crippen LogP contribution in [0.4, 0.5) is 5.69 Å². The Morgan fingerprint density at radius 1 is 1.11 bits per heavy atom. The summed E-state index contributed by atoms with van der Waals surface area (Å²) < 4.78 is 27.0. The molecule has 35 heavy (non-hydrogen) atoms. The number of benzene rings is 2. The van der Waals surface area contributed by atoms with Gasteiger partial charge in [-0.1, -0.05) is 71.1 Å². The highest BCUT2D eigenvalue weighted by Gasteiger charge is 2.31. The third-order valence-corrected chi connectivity index (χ3v) is 8.20. The smallest absolute Gasteiger partial charge is 0.244 e. The molecule has 0 aliphatic heterocycles. The lowest BCUT2D eigenvalue weighted by molar-refractivity contribution is -0.139. The van der Waals surface area contributed by atoms with Crippen LogP contribution in [0.15, 0.2) is 53.0 Å². The zero-order chi connectivity index (χ0) is 25.6. The van der Waals surface area contributed by atoms with Crippen LogP contribution in [-0.4, -0.2) is 50.0 Å². The number of sulfonamides is 1. The second-order valence-corrected chi connectivity index (χ2v) is 12.1. The first-order valence-corrected chi connectivity index (χ1v) is 14.6. The summed E-state index contributed by atoms with van der Waals surface area (Å²) in [7, 11) is -3.77. The fourth-order valence-electron chi connectivity index (χ4n) is 4.21. The van der Waals surface area contributed by atoms with Gasteiger partial charge in [0.1, 0.15) is 12.6 Å². The van der Waals surface area contributed by atoms with Crippen molar-refractivity contribution in [2.45, 2.75) is 57.7 Å². The Morgan fingerprint density at radius 3 is 2.43 bits per heavy atom. The molecule has 0 unspecified atom stereocenters. The van der Waals surface area contributed by atoms with Crippen molar-refractivity contribution >= 4 is 55.1 Å². The second-order valence-electron chi connectivity index (χ2n) is 8.88. The van der Waals surface area contributed by atoms with Crippen LogP contribution in [0.2, 0.25) is 5.02 Å². The van der Waals surface area contributed by atoms with Crippen molar-refractivity contribution in [1.29, 1.82) is 0 Å². The van der Waals surface area contributed by atoms with Gasteiger partial charge in [0.2, 0.25) is 21.8 Å². The quantitative estimate of drug-likeness (QED) is 0.462. The zero-order valence-corrected chi connectivity index (χ0v) is 23.1. The standard InChI is InChI=1S/C25H31BrClN3O4S/c1-18(25(32)28-21-11-4-3-5-12-21)29(16-19-9-6-7-14-23(19)27)24(31)17-30(35(2,33)34)22-13-8-10-20(26)15-22/h6-10,13-15,18,21H,3-5,11-12,16-17H2,1-2H3,(H,28,32)/t18-/m1/s1. The van der Waals surface area contributed by atoms with Crippen LogP contribution in [-0.2, 0) is 26.2 Å². The molecule has 190 valence electrons. The lowest BCUT2D eigenvalue weighted by Crippen LogP contribution is -2.53. The Hall–Kier alpha value is -2.10. The van der Waals surface area contributed by atoms with Crippen molar-refractivity contribution in [3.63, 3.8) is 0 Å². The molecule has 7 nitrogen and oxygen atoms in total. The van der Waals surface area contributed by atoms with Gasteiger partial charge >= 0.3 is 0 Å². The molecule has 0 radical (unpaired) electrons. The zero-order valence-electron chi connectivity index (χ0n) is 19.9. The van der Waals surface area contributed by atoms with Crippen LogP contribution >= 0.6 is 27.5 Å². The monoisotopic (exact) mass is 583 g/mol. The molecule has 1 aliphatic rings. The summed E-state index contributed by atoms with van der Waals surface area (Å²) in [6, 6.07) is 13.1. The van der Waals surface area contributed by atoms with Crippen LogP contribution in [0.3, 0.4) is 0 Å². The summed E-state index contributed by atoms with van der Waals surface area (Å²) in [5.41, 5.74) is 1.03. The van der Waals surface area contributed by atoms with E-state index in [1.54, 1.807) is 55.5 Å². The summed E-state index contributed by atoms with van der Waals surface area (Å²) in [5.74, 6) is -0.757. The van der Waals surface area contributed by atoms with E-state index >= 15 is 0 Å². The molecule has 0 saturated heterocycles. The Bertz CT molecular complexity index is 1150. The molecule has 1 atom stereocenters. The largest absolute Gasteiger partial charge is 0.352 e. The molecule has 2 amide bonds. The molecule has 1 fully saturated rings. The lowest BCUT2D eigenvalue weighted by Gasteiger charge is -2.33. The van der Waals surface area contributed by atoms with E-state index in [4.69, 9.17) is 11.6 Å². The highest BCUT2D eigenvalue weighted by Crippen LogP contribution is 2.24. The summed E-state index contributed by atoms with van der Waals surface area (Å²) in [4.78, 5) is 28.1. The van der Waals surface area contributed by atoms with E-state index in [2.05, 4.69) is 21.2 Å². The van der Waals surface area contributed by atoms with Gasteiger partial charge in [0.25, 0.3) is 0 Å². The number of hydrogen-bond donors (Lipinski definition) is 1. The average Bonchev–Trinajstić information content (AvgIpc) is 2.81. The topological polar surface area (TPSA) is 86.8 Å². The van der Waals surface area contributed by atoms with Crippen molar-refractivity contribution in [2.24, 2.45) is 0 Å². The van der Waals surface area contributed by atoms with Crippen molar-refractivity contribution in [3.05, 3.63) is 63.6 Å². The predicted octanol–water partition coefficient (Wildman–Crippen LogP) is 4.73. The first-order chi connectivity index (χ1) is 16.6. The lowest BCUT2D eigenvalue weighted by atomic mass is 9.95. The van der Waals surface area contributed by atoms with E-state index in [-0.39, 0.29) is 18.5 Å². The molecule has 0 bridgehead atoms. The number of amides is 2. The molecule has 0 spiro atoms. The van der Waals surface area contributed by atoms with Crippen molar-refractivity contribution < 1.29 is 18.0 Å². The fourth-order valence-corrected chi connectivity index (χ4v) is 5.63. The number of hydrogen-bond acceptors (Lipinski definition) is 4. The van der Waals surface area contributed by atoms with E-state index < -0.39 is 28.5 Å². The SMILES string of the molecule is C[C@H](C(=O)NC1CCCCC1)N(Cc1ccccc1Cl)C(=O)CN(c1cccc(Br)c1)S(C)(=O)=O. The van der Waals surface area contributed by atoms with Crippen LogP contribution in [0.5, 0.6) is 0 Å². The van der Waals surface area contributed by atoms with Crippen LogP contribution in [0.25, 0.3) is 0 Å². The molecular formula is C25H31BrClN3O4S. The number of carbonyl (C=O) groups is 2. The van der Waals surface area contributed by atoms with Gasteiger partial charge in [-0.25, -0.2) is 8.42 Å². The van der Waals surface area contributed by atoms with E-state index in [1.165, 1.54) is 4.90 Å². The van der Waals surface area contributed by atoms with Crippen LogP contribution in [0, 0.1) is 0 Å². The van der Waals surface area contributed by atoms with E-state index in [0.29, 0.717) is 20.7 Å². The van der Waals surface area contributed by atoms with Gasteiger partial charge < -0.3 is 10.2 Å². The van der Waals surface area contributed by atoms with E-state index in [0.717, 1.165) is 42.7 Å².